The zero-order chi connectivity index (χ0) is 28.7. The standard InChI is InChI=1S/C29H38ClN3O6S/c1-21(29(35)31-24-7-4-3-5-8-24)32(20-22-10-12-23(30)13-11-22)28(34)9-6-16-33(40(2,36)37)25-14-15-26-27(19-25)39-18-17-38-26/h10-15,19,21,24H,3-9,16-18,20H2,1-2H3,(H,31,35). The quantitative estimate of drug-likeness (QED) is 0.412. The largest absolute Gasteiger partial charge is 0.486 e. The van der Waals surface area contributed by atoms with Crippen LogP contribution in [0.1, 0.15) is 57.4 Å². The van der Waals surface area contributed by atoms with Crippen LogP contribution in [0.25, 0.3) is 0 Å². The SMILES string of the molecule is CC(C(=O)NC1CCCCC1)N(Cc1ccc(Cl)cc1)C(=O)CCCN(c1ccc2c(c1)OCCO2)S(C)(=O)=O. The maximum atomic E-state index is 13.5. The molecule has 0 saturated heterocycles. The van der Waals surface area contributed by atoms with Crippen LogP contribution in [0.4, 0.5) is 5.69 Å². The van der Waals surface area contributed by atoms with Crippen molar-refractivity contribution in [2.24, 2.45) is 0 Å². The number of hydrogen-bond donors (Lipinski definition) is 1. The number of rotatable bonds is 11. The molecule has 2 aliphatic rings. The Morgan fingerprint density at radius 3 is 2.38 bits per heavy atom. The van der Waals surface area contributed by atoms with Crippen LogP contribution in [0.15, 0.2) is 42.5 Å². The molecule has 218 valence electrons. The Bertz CT molecular complexity index is 1280. The summed E-state index contributed by atoms with van der Waals surface area (Å²) in [6, 6.07) is 11.6. The number of nitrogens with one attached hydrogen (secondary N) is 1. The number of ether oxygens (including phenoxy) is 2. The van der Waals surface area contributed by atoms with Crippen molar-refractivity contribution in [2.75, 3.05) is 30.3 Å². The number of halogens is 1. The first-order valence-corrected chi connectivity index (χ1v) is 16.1. The number of anilines is 1. The van der Waals surface area contributed by atoms with Crippen molar-refractivity contribution in [3.05, 3.63) is 53.1 Å². The molecule has 0 spiro atoms. The predicted molar refractivity (Wildman–Crippen MR) is 155 cm³/mol. The first-order valence-electron chi connectivity index (χ1n) is 13.8. The molecule has 1 fully saturated rings. The molecule has 2 aromatic rings. The summed E-state index contributed by atoms with van der Waals surface area (Å²) in [5.41, 5.74) is 1.29. The van der Waals surface area contributed by atoms with E-state index in [1.54, 1.807) is 42.2 Å². The third-order valence-electron chi connectivity index (χ3n) is 7.35. The Morgan fingerprint density at radius 1 is 1.02 bits per heavy atom. The summed E-state index contributed by atoms with van der Waals surface area (Å²) >= 11 is 6.04. The first-order chi connectivity index (χ1) is 19.1. The van der Waals surface area contributed by atoms with Gasteiger partial charge < -0.3 is 19.7 Å². The van der Waals surface area contributed by atoms with Crippen molar-refractivity contribution in [1.29, 1.82) is 0 Å². The van der Waals surface area contributed by atoms with Gasteiger partial charge in [-0.15, -0.1) is 0 Å². The number of fused-ring (bicyclic) bond motifs is 1. The summed E-state index contributed by atoms with van der Waals surface area (Å²) in [4.78, 5) is 28.3. The van der Waals surface area contributed by atoms with Gasteiger partial charge in [0.25, 0.3) is 0 Å². The van der Waals surface area contributed by atoms with E-state index in [1.807, 2.05) is 12.1 Å². The van der Waals surface area contributed by atoms with Gasteiger partial charge in [-0.3, -0.25) is 13.9 Å². The number of benzene rings is 2. The topological polar surface area (TPSA) is 105 Å². The second-order valence-electron chi connectivity index (χ2n) is 10.4. The van der Waals surface area contributed by atoms with E-state index < -0.39 is 16.1 Å². The minimum atomic E-state index is -3.63. The molecule has 0 bridgehead atoms. The van der Waals surface area contributed by atoms with Gasteiger partial charge in [-0.25, -0.2) is 8.42 Å². The van der Waals surface area contributed by atoms with Gasteiger partial charge >= 0.3 is 0 Å². The zero-order valence-corrected chi connectivity index (χ0v) is 24.7. The monoisotopic (exact) mass is 591 g/mol. The highest BCUT2D eigenvalue weighted by Gasteiger charge is 2.28. The molecule has 1 saturated carbocycles. The summed E-state index contributed by atoms with van der Waals surface area (Å²) in [5.74, 6) is 0.650. The summed E-state index contributed by atoms with van der Waals surface area (Å²) in [5, 5.41) is 3.71. The van der Waals surface area contributed by atoms with Crippen molar-refractivity contribution in [3.8, 4) is 11.5 Å². The van der Waals surface area contributed by atoms with Gasteiger partial charge in [-0.05, 0) is 56.0 Å². The third-order valence-corrected chi connectivity index (χ3v) is 8.80. The fraction of sp³-hybridized carbons (Fsp3) is 0.517. The summed E-state index contributed by atoms with van der Waals surface area (Å²) in [6.07, 6.45) is 6.74. The first kappa shape index (κ1) is 30.0. The van der Waals surface area contributed by atoms with Gasteiger partial charge in [-0.2, -0.15) is 0 Å². The van der Waals surface area contributed by atoms with E-state index in [0.717, 1.165) is 37.5 Å². The number of hydrogen-bond acceptors (Lipinski definition) is 6. The smallest absolute Gasteiger partial charge is 0.242 e. The van der Waals surface area contributed by atoms with Gasteiger partial charge in [0.2, 0.25) is 21.8 Å². The van der Waals surface area contributed by atoms with Crippen LogP contribution in [-0.2, 0) is 26.2 Å². The number of amides is 2. The van der Waals surface area contributed by atoms with Crippen molar-refractivity contribution in [1.82, 2.24) is 10.2 Å². The van der Waals surface area contributed by atoms with Crippen LogP contribution in [0, 0.1) is 0 Å². The van der Waals surface area contributed by atoms with Crippen LogP contribution in [0.3, 0.4) is 0 Å². The van der Waals surface area contributed by atoms with Gasteiger partial charge in [0.15, 0.2) is 11.5 Å². The van der Waals surface area contributed by atoms with Crippen LogP contribution in [0.5, 0.6) is 11.5 Å². The third kappa shape index (κ3) is 8.04. The summed E-state index contributed by atoms with van der Waals surface area (Å²) in [7, 11) is -3.63. The Hall–Kier alpha value is -2.98. The van der Waals surface area contributed by atoms with E-state index in [2.05, 4.69) is 5.32 Å². The fourth-order valence-electron chi connectivity index (χ4n) is 5.13. The second kappa shape index (κ2) is 13.6. The normalized spacial score (nSPS) is 16.2. The molecular weight excluding hydrogens is 554 g/mol. The molecule has 11 heteroatoms. The Morgan fingerprint density at radius 2 is 1.70 bits per heavy atom. The molecule has 0 aromatic heterocycles. The van der Waals surface area contributed by atoms with E-state index in [9.17, 15) is 18.0 Å². The number of nitrogens with zero attached hydrogens (tertiary/aromatic N) is 2. The number of carbonyl (C=O) groups excluding carboxylic acids is 2. The van der Waals surface area contributed by atoms with Crippen LogP contribution in [-0.4, -0.2) is 63.2 Å². The summed E-state index contributed by atoms with van der Waals surface area (Å²) < 4.78 is 37.7. The summed E-state index contributed by atoms with van der Waals surface area (Å²) in [6.45, 7) is 2.91. The lowest BCUT2D eigenvalue weighted by atomic mass is 9.95. The maximum absolute atomic E-state index is 13.5. The lowest BCUT2D eigenvalue weighted by molar-refractivity contribution is -0.141. The van der Waals surface area contributed by atoms with Gasteiger partial charge in [0.05, 0.1) is 11.9 Å². The molecule has 1 heterocycles. The predicted octanol–water partition coefficient (Wildman–Crippen LogP) is 4.52. The molecule has 1 unspecified atom stereocenters. The minimum absolute atomic E-state index is 0.0746. The Balaban J connectivity index is 1.45. The molecular formula is C29H38ClN3O6S. The van der Waals surface area contributed by atoms with Gasteiger partial charge in [-0.1, -0.05) is 43.0 Å². The maximum Gasteiger partial charge on any atom is 0.242 e. The van der Waals surface area contributed by atoms with Crippen LogP contribution in [0.2, 0.25) is 5.02 Å². The number of sulfonamides is 1. The average molecular weight is 592 g/mol. The lowest BCUT2D eigenvalue weighted by Gasteiger charge is -2.31. The minimum Gasteiger partial charge on any atom is -0.486 e. The highest BCUT2D eigenvalue weighted by atomic mass is 35.5. The highest BCUT2D eigenvalue weighted by molar-refractivity contribution is 7.92. The van der Waals surface area contributed by atoms with Crippen molar-refractivity contribution >= 4 is 39.1 Å². The molecule has 1 N–H and O–H groups in total. The number of carbonyl (C=O) groups is 2. The van der Waals surface area contributed by atoms with Gasteiger partial charge in [0.1, 0.15) is 19.3 Å². The second-order valence-corrected chi connectivity index (χ2v) is 12.8. The highest BCUT2D eigenvalue weighted by Crippen LogP contribution is 2.34. The molecule has 1 atom stereocenters. The molecule has 2 amide bonds. The molecule has 1 aliphatic carbocycles. The zero-order valence-electron chi connectivity index (χ0n) is 23.1. The molecule has 0 radical (unpaired) electrons. The van der Waals surface area contributed by atoms with Crippen molar-refractivity contribution in [3.63, 3.8) is 0 Å². The van der Waals surface area contributed by atoms with Crippen LogP contribution >= 0.6 is 11.6 Å². The van der Waals surface area contributed by atoms with Gasteiger partial charge in [0, 0.05) is 36.6 Å². The molecule has 4 rings (SSSR count). The van der Waals surface area contributed by atoms with E-state index >= 15 is 0 Å². The average Bonchev–Trinajstić information content (AvgIpc) is 2.94. The van der Waals surface area contributed by atoms with Crippen molar-refractivity contribution < 1.29 is 27.5 Å². The Kier molecular flexibility index (Phi) is 10.2. The van der Waals surface area contributed by atoms with E-state index in [-0.39, 0.29) is 43.8 Å². The van der Waals surface area contributed by atoms with Crippen molar-refractivity contribution in [2.45, 2.75) is 70.5 Å². The fourth-order valence-corrected chi connectivity index (χ4v) is 6.21. The molecule has 2 aromatic carbocycles. The molecule has 40 heavy (non-hydrogen) atoms. The Labute approximate surface area is 241 Å². The van der Waals surface area contributed by atoms with Crippen LogP contribution < -0.4 is 19.1 Å². The van der Waals surface area contributed by atoms with E-state index in [1.165, 1.54) is 10.7 Å². The molecule has 9 nitrogen and oxygen atoms in total. The van der Waals surface area contributed by atoms with E-state index in [4.69, 9.17) is 21.1 Å². The van der Waals surface area contributed by atoms with E-state index in [0.29, 0.717) is 35.4 Å². The molecule has 1 aliphatic heterocycles. The lowest BCUT2D eigenvalue weighted by Crippen LogP contribution is -2.50.